The van der Waals surface area contributed by atoms with E-state index < -0.39 is 5.97 Å². The maximum Gasteiger partial charge on any atom is 0.341 e. The van der Waals surface area contributed by atoms with Gasteiger partial charge in [-0.05, 0) is 12.5 Å². The van der Waals surface area contributed by atoms with Crippen molar-refractivity contribution in [3.8, 4) is 5.75 Å². The number of rotatable bonds is 5. The second-order valence-corrected chi connectivity index (χ2v) is 5.84. The number of ether oxygens (including phenoxy) is 2. The Bertz CT molecular complexity index is 592. The number of likely N-dealkylation sites (tertiary alicyclic amines) is 1. The first-order valence-corrected chi connectivity index (χ1v) is 7.67. The smallest absolute Gasteiger partial charge is 0.341 e. The number of piperidine rings is 1. The van der Waals surface area contributed by atoms with Gasteiger partial charge in [-0.1, -0.05) is 18.2 Å². The molecule has 1 aromatic rings. The van der Waals surface area contributed by atoms with Gasteiger partial charge in [0.2, 0.25) is 5.91 Å². The fourth-order valence-electron chi connectivity index (χ4n) is 3.07. The third-order valence-corrected chi connectivity index (χ3v) is 4.13. The lowest BCUT2D eigenvalue weighted by atomic mass is 10.00. The third-order valence-electron chi connectivity index (χ3n) is 4.13. The molecule has 2 fully saturated rings. The van der Waals surface area contributed by atoms with Crippen molar-refractivity contribution in [2.45, 2.75) is 25.1 Å². The molecule has 2 aliphatic rings. The summed E-state index contributed by atoms with van der Waals surface area (Å²) in [5.41, 5.74) is 0.940. The number of hydrogen-bond acceptors (Lipinski definition) is 5. The van der Waals surface area contributed by atoms with Gasteiger partial charge in [-0.25, -0.2) is 4.79 Å². The Morgan fingerprint density at radius 3 is 3.09 bits per heavy atom. The number of nitrogens with zero attached hydrogens (tertiary/aromatic N) is 1. The van der Waals surface area contributed by atoms with E-state index in [2.05, 4.69) is 10.2 Å². The molecule has 1 amide bonds. The van der Waals surface area contributed by atoms with Gasteiger partial charge in [0.25, 0.3) is 0 Å². The van der Waals surface area contributed by atoms with Crippen LogP contribution in [0.3, 0.4) is 0 Å². The Morgan fingerprint density at radius 1 is 1.43 bits per heavy atom. The summed E-state index contributed by atoms with van der Waals surface area (Å²) in [6.07, 6.45) is 0.950. The number of carbonyl (C=O) groups is 2. The van der Waals surface area contributed by atoms with Crippen LogP contribution in [0, 0.1) is 0 Å². The second-order valence-electron chi connectivity index (χ2n) is 5.84. The topological polar surface area (TPSA) is 88.1 Å². The van der Waals surface area contributed by atoms with Crippen LogP contribution >= 0.6 is 0 Å². The van der Waals surface area contributed by atoms with Crippen molar-refractivity contribution in [1.29, 1.82) is 0 Å². The van der Waals surface area contributed by atoms with E-state index in [4.69, 9.17) is 14.6 Å². The van der Waals surface area contributed by atoms with Crippen LogP contribution in [-0.2, 0) is 20.9 Å². The standard InChI is InChI=1S/C16H20N2O5/c19-15-9-22-14-5-6-18(8-12(14)17-15)7-11-3-1-2-4-13(11)23-10-16(20)21/h1-4,12,14H,5-10H2,(H,17,19)(H,20,21)/t12-,14+/m0/s1. The summed E-state index contributed by atoms with van der Waals surface area (Å²) < 4.78 is 10.9. The minimum Gasteiger partial charge on any atom is -0.482 e. The van der Waals surface area contributed by atoms with E-state index in [9.17, 15) is 9.59 Å². The van der Waals surface area contributed by atoms with E-state index in [1.54, 1.807) is 6.07 Å². The number of morpholine rings is 1. The molecule has 124 valence electrons. The first kappa shape index (κ1) is 15.8. The number of aliphatic carboxylic acids is 1. The quantitative estimate of drug-likeness (QED) is 0.808. The Balaban J connectivity index is 1.63. The summed E-state index contributed by atoms with van der Waals surface area (Å²) in [7, 11) is 0. The Hall–Kier alpha value is -2.12. The lowest BCUT2D eigenvalue weighted by Crippen LogP contribution is -2.60. The molecule has 0 bridgehead atoms. The van der Waals surface area contributed by atoms with Gasteiger partial charge in [0.1, 0.15) is 12.4 Å². The second kappa shape index (κ2) is 6.97. The highest BCUT2D eigenvalue weighted by Crippen LogP contribution is 2.23. The highest BCUT2D eigenvalue weighted by Gasteiger charge is 2.34. The van der Waals surface area contributed by atoms with Crippen molar-refractivity contribution in [2.75, 3.05) is 26.3 Å². The van der Waals surface area contributed by atoms with Gasteiger partial charge >= 0.3 is 5.97 Å². The number of carboxylic acids is 1. The number of carbonyl (C=O) groups excluding carboxylic acids is 1. The first-order chi connectivity index (χ1) is 11.1. The summed E-state index contributed by atoms with van der Waals surface area (Å²) in [4.78, 5) is 24.3. The van der Waals surface area contributed by atoms with Gasteiger partial charge in [0.05, 0.1) is 12.1 Å². The number of benzene rings is 1. The Kier molecular flexibility index (Phi) is 4.78. The fourth-order valence-corrected chi connectivity index (χ4v) is 3.07. The van der Waals surface area contributed by atoms with Crippen molar-refractivity contribution in [1.82, 2.24) is 10.2 Å². The zero-order chi connectivity index (χ0) is 16.2. The predicted octanol–water partition coefficient (Wildman–Crippen LogP) is 0.239. The number of fused-ring (bicyclic) bond motifs is 1. The van der Waals surface area contributed by atoms with Gasteiger partial charge in [0.15, 0.2) is 6.61 Å². The van der Waals surface area contributed by atoms with E-state index in [-0.39, 0.29) is 31.3 Å². The minimum absolute atomic E-state index is 0.0112. The first-order valence-electron chi connectivity index (χ1n) is 7.67. The Morgan fingerprint density at radius 2 is 2.26 bits per heavy atom. The van der Waals surface area contributed by atoms with Gasteiger partial charge in [-0.2, -0.15) is 0 Å². The summed E-state index contributed by atoms with van der Waals surface area (Å²) in [5.74, 6) is -0.484. The highest BCUT2D eigenvalue weighted by atomic mass is 16.5. The number of carboxylic acid groups (broad SMARTS) is 1. The molecule has 0 radical (unpaired) electrons. The largest absolute Gasteiger partial charge is 0.482 e. The molecule has 0 saturated carbocycles. The van der Waals surface area contributed by atoms with Crippen LogP contribution in [0.4, 0.5) is 0 Å². The molecular formula is C16H20N2O5. The van der Waals surface area contributed by atoms with Gasteiger partial charge < -0.3 is 19.9 Å². The van der Waals surface area contributed by atoms with Crippen LogP contribution in [0.1, 0.15) is 12.0 Å². The normalized spacial score (nSPS) is 24.6. The summed E-state index contributed by atoms with van der Waals surface area (Å²) in [6.45, 7) is 2.02. The monoisotopic (exact) mass is 320 g/mol. The molecule has 2 aliphatic heterocycles. The zero-order valence-electron chi connectivity index (χ0n) is 12.7. The average molecular weight is 320 g/mol. The zero-order valence-corrected chi connectivity index (χ0v) is 12.7. The van der Waals surface area contributed by atoms with Crippen LogP contribution in [0.25, 0.3) is 0 Å². The van der Waals surface area contributed by atoms with E-state index in [1.165, 1.54) is 0 Å². The van der Waals surface area contributed by atoms with Crippen molar-refractivity contribution < 1.29 is 24.2 Å². The van der Waals surface area contributed by atoms with Gasteiger partial charge in [-0.3, -0.25) is 9.69 Å². The molecule has 2 saturated heterocycles. The van der Waals surface area contributed by atoms with Crippen molar-refractivity contribution in [3.63, 3.8) is 0 Å². The molecule has 7 heteroatoms. The fraction of sp³-hybridized carbons (Fsp3) is 0.500. The summed E-state index contributed by atoms with van der Waals surface area (Å²) >= 11 is 0. The molecule has 7 nitrogen and oxygen atoms in total. The minimum atomic E-state index is -0.998. The summed E-state index contributed by atoms with van der Waals surface area (Å²) in [6, 6.07) is 7.44. The van der Waals surface area contributed by atoms with E-state index >= 15 is 0 Å². The van der Waals surface area contributed by atoms with Crippen molar-refractivity contribution in [2.24, 2.45) is 0 Å². The van der Waals surface area contributed by atoms with Crippen LogP contribution in [0.2, 0.25) is 0 Å². The predicted molar refractivity (Wildman–Crippen MR) is 81.1 cm³/mol. The van der Waals surface area contributed by atoms with Crippen LogP contribution < -0.4 is 10.1 Å². The van der Waals surface area contributed by atoms with Crippen LogP contribution in [-0.4, -0.2) is 60.3 Å². The highest BCUT2D eigenvalue weighted by molar-refractivity contribution is 5.78. The van der Waals surface area contributed by atoms with Crippen LogP contribution in [0.5, 0.6) is 5.75 Å². The molecule has 2 N–H and O–H groups in total. The summed E-state index contributed by atoms with van der Waals surface area (Å²) in [5, 5.41) is 11.7. The molecule has 1 aromatic carbocycles. The molecule has 0 spiro atoms. The maximum atomic E-state index is 11.5. The molecule has 2 atom stereocenters. The lowest BCUT2D eigenvalue weighted by molar-refractivity contribution is -0.140. The van der Waals surface area contributed by atoms with E-state index in [1.807, 2.05) is 18.2 Å². The molecule has 0 aliphatic carbocycles. The number of hydrogen-bond donors (Lipinski definition) is 2. The molecule has 3 rings (SSSR count). The molecular weight excluding hydrogens is 300 g/mol. The molecule has 0 aromatic heterocycles. The average Bonchev–Trinajstić information content (AvgIpc) is 2.53. The number of para-hydroxylation sites is 1. The van der Waals surface area contributed by atoms with Crippen molar-refractivity contribution >= 4 is 11.9 Å². The lowest BCUT2D eigenvalue weighted by Gasteiger charge is -2.41. The molecule has 23 heavy (non-hydrogen) atoms. The maximum absolute atomic E-state index is 11.5. The third kappa shape index (κ3) is 4.00. The Labute approximate surface area is 134 Å². The van der Waals surface area contributed by atoms with E-state index in [0.29, 0.717) is 18.8 Å². The van der Waals surface area contributed by atoms with Crippen LogP contribution in [0.15, 0.2) is 24.3 Å². The van der Waals surface area contributed by atoms with Crippen molar-refractivity contribution in [3.05, 3.63) is 29.8 Å². The molecule has 0 unspecified atom stereocenters. The number of amides is 1. The van der Waals surface area contributed by atoms with E-state index in [0.717, 1.165) is 18.5 Å². The van der Waals surface area contributed by atoms with Gasteiger partial charge in [-0.15, -0.1) is 0 Å². The van der Waals surface area contributed by atoms with Gasteiger partial charge in [0, 0.05) is 25.2 Å². The molecule has 2 heterocycles. The SMILES string of the molecule is O=C(O)COc1ccccc1CN1CC[C@H]2OCC(=O)N[C@H]2C1. The number of nitrogens with one attached hydrogen (secondary N) is 1.